The van der Waals surface area contributed by atoms with E-state index in [4.69, 9.17) is 4.74 Å². The normalized spacial score (nSPS) is 10.9. The first kappa shape index (κ1) is 18.6. The lowest BCUT2D eigenvalue weighted by molar-refractivity contribution is 0.102. The Morgan fingerprint density at radius 3 is 2.55 bits per heavy atom. The predicted octanol–water partition coefficient (Wildman–Crippen LogP) is 3.95. The molecular formula is C22H21N5O2. The van der Waals surface area contributed by atoms with E-state index in [2.05, 4.69) is 27.2 Å². The van der Waals surface area contributed by atoms with Crippen molar-refractivity contribution in [2.45, 2.75) is 20.3 Å². The summed E-state index contributed by atoms with van der Waals surface area (Å²) >= 11 is 0. The van der Waals surface area contributed by atoms with Crippen LogP contribution in [0.4, 0.5) is 5.82 Å². The minimum absolute atomic E-state index is 0.217. The van der Waals surface area contributed by atoms with Crippen molar-refractivity contribution in [2.75, 3.05) is 12.4 Å². The number of benzene rings is 2. The summed E-state index contributed by atoms with van der Waals surface area (Å²) < 4.78 is 7.18. The van der Waals surface area contributed by atoms with Crippen molar-refractivity contribution in [2.24, 2.45) is 0 Å². The summed E-state index contributed by atoms with van der Waals surface area (Å²) in [5.41, 5.74) is 3.49. The Kier molecular flexibility index (Phi) is 4.95. The number of carbonyl (C=O) groups is 1. The summed E-state index contributed by atoms with van der Waals surface area (Å²) in [5, 5.41) is 2.78. The number of carbonyl (C=O) groups excluding carboxylic acids is 1. The number of nitrogens with zero attached hydrogens (tertiary/aromatic N) is 4. The average Bonchev–Trinajstić information content (AvgIpc) is 3.09. The third-order valence-electron chi connectivity index (χ3n) is 4.76. The fraction of sp³-hybridized carbons (Fsp3) is 0.182. The molecule has 0 bridgehead atoms. The van der Waals surface area contributed by atoms with Gasteiger partial charge in [-0.15, -0.1) is 0 Å². The number of fused-ring (bicyclic) bond motifs is 1. The molecule has 0 aliphatic heterocycles. The molecule has 2 aromatic heterocycles. The van der Waals surface area contributed by atoms with Crippen molar-refractivity contribution in [3.8, 4) is 11.6 Å². The van der Waals surface area contributed by atoms with Crippen LogP contribution >= 0.6 is 0 Å². The highest BCUT2D eigenvalue weighted by Crippen LogP contribution is 2.24. The highest BCUT2D eigenvalue weighted by molar-refractivity contribution is 6.03. The van der Waals surface area contributed by atoms with E-state index in [9.17, 15) is 4.79 Å². The summed E-state index contributed by atoms with van der Waals surface area (Å²) in [6, 6.07) is 13.2. The van der Waals surface area contributed by atoms with Crippen LogP contribution in [0.1, 0.15) is 28.7 Å². The lowest BCUT2D eigenvalue weighted by Crippen LogP contribution is -2.13. The van der Waals surface area contributed by atoms with Gasteiger partial charge in [-0.1, -0.05) is 19.1 Å². The Labute approximate surface area is 168 Å². The van der Waals surface area contributed by atoms with Crippen molar-refractivity contribution in [1.29, 1.82) is 0 Å². The van der Waals surface area contributed by atoms with E-state index in [0.29, 0.717) is 17.2 Å². The second-order valence-electron chi connectivity index (χ2n) is 6.61. The van der Waals surface area contributed by atoms with Gasteiger partial charge in [0.1, 0.15) is 11.6 Å². The highest BCUT2D eigenvalue weighted by Gasteiger charge is 2.12. The number of rotatable bonds is 5. The van der Waals surface area contributed by atoms with Gasteiger partial charge >= 0.3 is 0 Å². The quantitative estimate of drug-likeness (QED) is 0.561. The largest absolute Gasteiger partial charge is 0.497 e. The molecule has 0 aliphatic rings. The molecule has 0 atom stereocenters. The molecule has 1 N–H and O–H groups in total. The third kappa shape index (κ3) is 3.67. The van der Waals surface area contributed by atoms with E-state index in [1.165, 1.54) is 5.56 Å². The van der Waals surface area contributed by atoms with Crippen molar-refractivity contribution in [3.63, 3.8) is 0 Å². The standard InChI is InChI=1S/C22H21N5O2/c1-4-15-5-7-16(8-6-15)22(28)26-20-12-24-21(13-23-20)27-14(2)25-18-11-17(29-3)9-10-19(18)27/h5-13H,4H2,1-3H3,(H,23,26,28). The Bertz CT molecular complexity index is 1160. The Balaban J connectivity index is 1.57. The number of aromatic nitrogens is 4. The number of anilines is 1. The van der Waals surface area contributed by atoms with Crippen molar-refractivity contribution >= 4 is 22.8 Å². The molecular weight excluding hydrogens is 366 g/mol. The van der Waals surface area contributed by atoms with E-state index in [-0.39, 0.29) is 5.91 Å². The van der Waals surface area contributed by atoms with Gasteiger partial charge in [-0.25, -0.2) is 15.0 Å². The number of hydrogen-bond acceptors (Lipinski definition) is 5. The molecule has 0 fully saturated rings. The van der Waals surface area contributed by atoms with E-state index < -0.39 is 0 Å². The number of amides is 1. The zero-order valence-electron chi connectivity index (χ0n) is 16.5. The van der Waals surface area contributed by atoms with Gasteiger partial charge in [0, 0.05) is 11.6 Å². The van der Waals surface area contributed by atoms with Crippen LogP contribution in [0.5, 0.6) is 5.75 Å². The maximum Gasteiger partial charge on any atom is 0.256 e. The molecule has 2 heterocycles. The Hall–Kier alpha value is -3.74. The fourth-order valence-electron chi connectivity index (χ4n) is 3.18. The average molecular weight is 387 g/mol. The van der Waals surface area contributed by atoms with E-state index >= 15 is 0 Å². The van der Waals surface area contributed by atoms with E-state index in [1.54, 1.807) is 19.5 Å². The molecule has 1 amide bonds. The number of hydrogen-bond donors (Lipinski definition) is 1. The molecule has 7 nitrogen and oxygen atoms in total. The molecule has 7 heteroatoms. The summed E-state index contributed by atoms with van der Waals surface area (Å²) in [7, 11) is 1.63. The van der Waals surface area contributed by atoms with Gasteiger partial charge in [-0.05, 0) is 43.2 Å². The number of ether oxygens (including phenoxy) is 1. The summed E-state index contributed by atoms with van der Waals surface area (Å²) in [6.07, 6.45) is 4.10. The van der Waals surface area contributed by atoms with Gasteiger partial charge in [0.15, 0.2) is 11.6 Å². The van der Waals surface area contributed by atoms with Crippen LogP contribution in [-0.2, 0) is 6.42 Å². The first-order valence-electron chi connectivity index (χ1n) is 9.35. The molecule has 0 unspecified atom stereocenters. The molecule has 0 spiro atoms. The van der Waals surface area contributed by atoms with Gasteiger partial charge in [0.05, 0.1) is 30.5 Å². The molecule has 4 rings (SSSR count). The maximum atomic E-state index is 12.4. The van der Waals surface area contributed by atoms with Crippen LogP contribution in [0.2, 0.25) is 0 Å². The van der Waals surface area contributed by atoms with Gasteiger partial charge in [0.2, 0.25) is 0 Å². The zero-order valence-corrected chi connectivity index (χ0v) is 16.5. The lowest BCUT2D eigenvalue weighted by atomic mass is 10.1. The Morgan fingerprint density at radius 2 is 1.90 bits per heavy atom. The van der Waals surface area contributed by atoms with E-state index in [0.717, 1.165) is 29.0 Å². The maximum absolute atomic E-state index is 12.4. The van der Waals surface area contributed by atoms with Gasteiger partial charge in [0.25, 0.3) is 5.91 Å². The van der Waals surface area contributed by atoms with Crippen LogP contribution in [0.3, 0.4) is 0 Å². The van der Waals surface area contributed by atoms with Crippen molar-refractivity contribution in [1.82, 2.24) is 19.5 Å². The highest BCUT2D eigenvalue weighted by atomic mass is 16.5. The molecule has 0 saturated heterocycles. The van der Waals surface area contributed by atoms with Crippen LogP contribution in [0.25, 0.3) is 16.9 Å². The van der Waals surface area contributed by atoms with Crippen LogP contribution in [0, 0.1) is 6.92 Å². The molecule has 0 aliphatic carbocycles. The van der Waals surface area contributed by atoms with Gasteiger partial charge in [-0.2, -0.15) is 0 Å². The van der Waals surface area contributed by atoms with Crippen LogP contribution < -0.4 is 10.1 Å². The Morgan fingerprint density at radius 1 is 1.10 bits per heavy atom. The smallest absolute Gasteiger partial charge is 0.256 e. The zero-order chi connectivity index (χ0) is 20.4. The minimum Gasteiger partial charge on any atom is -0.497 e. The fourth-order valence-corrected chi connectivity index (χ4v) is 3.18. The van der Waals surface area contributed by atoms with E-state index in [1.807, 2.05) is 54.0 Å². The molecule has 2 aromatic carbocycles. The van der Waals surface area contributed by atoms with Gasteiger partial charge in [-0.3, -0.25) is 9.36 Å². The number of methoxy groups -OCH3 is 1. The second kappa shape index (κ2) is 7.71. The molecule has 29 heavy (non-hydrogen) atoms. The first-order chi connectivity index (χ1) is 14.1. The molecule has 4 aromatic rings. The minimum atomic E-state index is -0.217. The molecule has 0 radical (unpaired) electrons. The predicted molar refractivity (Wildman–Crippen MR) is 112 cm³/mol. The van der Waals surface area contributed by atoms with Crippen molar-refractivity contribution < 1.29 is 9.53 Å². The topological polar surface area (TPSA) is 81.9 Å². The third-order valence-corrected chi connectivity index (χ3v) is 4.76. The second-order valence-corrected chi connectivity index (χ2v) is 6.61. The van der Waals surface area contributed by atoms with Crippen molar-refractivity contribution in [3.05, 3.63) is 71.8 Å². The summed E-state index contributed by atoms with van der Waals surface area (Å²) in [5.74, 6) is 2.34. The number of aryl methyl sites for hydroxylation is 2. The number of nitrogens with one attached hydrogen (secondary N) is 1. The SMILES string of the molecule is CCc1ccc(C(=O)Nc2cnc(-n3c(C)nc4cc(OC)ccc43)cn2)cc1. The van der Waals surface area contributed by atoms with Gasteiger partial charge < -0.3 is 10.1 Å². The lowest BCUT2D eigenvalue weighted by Gasteiger charge is -2.08. The first-order valence-corrected chi connectivity index (χ1v) is 9.35. The summed E-state index contributed by atoms with van der Waals surface area (Å²) in [6.45, 7) is 3.98. The molecule has 0 saturated carbocycles. The monoisotopic (exact) mass is 387 g/mol. The van der Waals surface area contributed by atoms with Crippen LogP contribution in [0.15, 0.2) is 54.9 Å². The van der Waals surface area contributed by atoms with Crippen LogP contribution in [-0.4, -0.2) is 32.5 Å². The summed E-state index contributed by atoms with van der Waals surface area (Å²) in [4.78, 5) is 25.8. The number of imidazole rings is 1. The molecule has 146 valence electrons.